The van der Waals surface area contributed by atoms with Gasteiger partial charge in [0.1, 0.15) is 0 Å². The van der Waals surface area contributed by atoms with Crippen LogP contribution in [-0.2, 0) is 4.79 Å². The zero-order valence-electron chi connectivity index (χ0n) is 11.4. The molecular weight excluding hydrogens is 260 g/mol. The topological polar surface area (TPSA) is 49.4 Å². The fourth-order valence-electron chi connectivity index (χ4n) is 2.27. The number of hydrogen-bond donors (Lipinski definition) is 1. The minimum Gasteiger partial charge on any atom is -0.348 e. The Bertz CT molecular complexity index is 434. The van der Waals surface area contributed by atoms with Gasteiger partial charge in [0.05, 0.1) is 4.88 Å². The van der Waals surface area contributed by atoms with Crippen molar-refractivity contribution in [1.82, 2.24) is 10.2 Å². The molecule has 2 rings (SSSR count). The Kier molecular flexibility index (Phi) is 4.58. The molecule has 1 N–H and O–H groups in total. The summed E-state index contributed by atoms with van der Waals surface area (Å²) in [5.41, 5.74) is 0. The molecule has 0 unspecified atom stereocenters. The van der Waals surface area contributed by atoms with Crippen LogP contribution < -0.4 is 5.32 Å². The molecule has 0 radical (unpaired) electrons. The lowest BCUT2D eigenvalue weighted by atomic mass is 10.0. The predicted molar refractivity (Wildman–Crippen MR) is 76.2 cm³/mol. The van der Waals surface area contributed by atoms with E-state index in [1.54, 1.807) is 0 Å². The first kappa shape index (κ1) is 14.1. The molecule has 1 fully saturated rings. The number of thiophene rings is 1. The van der Waals surface area contributed by atoms with Gasteiger partial charge in [-0.05, 0) is 24.3 Å². The molecule has 2 amide bonds. The van der Waals surface area contributed by atoms with Crippen molar-refractivity contribution in [2.24, 2.45) is 5.92 Å². The number of hydrogen-bond acceptors (Lipinski definition) is 3. The highest BCUT2D eigenvalue weighted by Crippen LogP contribution is 2.15. The normalized spacial score (nSPS) is 16.7. The second-order valence-corrected chi connectivity index (χ2v) is 6.15. The van der Waals surface area contributed by atoms with E-state index in [1.807, 2.05) is 36.3 Å². The summed E-state index contributed by atoms with van der Waals surface area (Å²) in [6.45, 7) is 5.33. The molecule has 4 nitrogen and oxygen atoms in total. The van der Waals surface area contributed by atoms with Crippen molar-refractivity contribution in [3.05, 3.63) is 22.4 Å². The molecule has 0 saturated carbocycles. The molecule has 0 spiro atoms. The summed E-state index contributed by atoms with van der Waals surface area (Å²) in [6, 6.07) is 3.90. The number of rotatable bonds is 3. The molecule has 1 aromatic heterocycles. The van der Waals surface area contributed by atoms with Gasteiger partial charge in [0.15, 0.2) is 0 Å². The van der Waals surface area contributed by atoms with Crippen molar-refractivity contribution < 1.29 is 9.59 Å². The van der Waals surface area contributed by atoms with Crippen LogP contribution in [0.2, 0.25) is 0 Å². The Balaban J connectivity index is 1.81. The molecule has 2 heterocycles. The van der Waals surface area contributed by atoms with Gasteiger partial charge >= 0.3 is 0 Å². The molecule has 1 aliphatic heterocycles. The predicted octanol–water partition coefficient (Wildman–Crippen LogP) is 2.12. The third-order valence-electron chi connectivity index (χ3n) is 3.38. The molecule has 1 saturated heterocycles. The second kappa shape index (κ2) is 6.19. The first-order valence-electron chi connectivity index (χ1n) is 6.71. The van der Waals surface area contributed by atoms with Crippen LogP contribution >= 0.6 is 11.3 Å². The van der Waals surface area contributed by atoms with Gasteiger partial charge in [-0.2, -0.15) is 0 Å². The van der Waals surface area contributed by atoms with E-state index in [-0.39, 0.29) is 23.8 Å². The fraction of sp³-hybridized carbons (Fsp3) is 0.571. The second-order valence-electron chi connectivity index (χ2n) is 5.21. The molecule has 5 heteroatoms. The smallest absolute Gasteiger partial charge is 0.261 e. The Labute approximate surface area is 117 Å². The highest BCUT2D eigenvalue weighted by atomic mass is 32.1. The fourth-order valence-corrected chi connectivity index (χ4v) is 2.90. The van der Waals surface area contributed by atoms with Crippen molar-refractivity contribution in [2.45, 2.75) is 32.7 Å². The van der Waals surface area contributed by atoms with Gasteiger partial charge in [-0.3, -0.25) is 9.59 Å². The minimum absolute atomic E-state index is 0.00337. The Morgan fingerprint density at radius 1 is 1.37 bits per heavy atom. The molecule has 0 bridgehead atoms. The van der Waals surface area contributed by atoms with Gasteiger partial charge in [-0.15, -0.1) is 11.3 Å². The monoisotopic (exact) mass is 280 g/mol. The van der Waals surface area contributed by atoms with E-state index in [4.69, 9.17) is 0 Å². The van der Waals surface area contributed by atoms with E-state index in [0.29, 0.717) is 0 Å². The van der Waals surface area contributed by atoms with E-state index < -0.39 is 0 Å². The lowest BCUT2D eigenvalue weighted by Gasteiger charge is -2.33. The van der Waals surface area contributed by atoms with Crippen molar-refractivity contribution in [2.75, 3.05) is 13.1 Å². The molecule has 0 aliphatic carbocycles. The Morgan fingerprint density at radius 3 is 2.58 bits per heavy atom. The molecule has 19 heavy (non-hydrogen) atoms. The van der Waals surface area contributed by atoms with E-state index in [0.717, 1.165) is 30.8 Å². The molecule has 0 atom stereocenters. The van der Waals surface area contributed by atoms with Crippen LogP contribution in [0.5, 0.6) is 0 Å². The third-order valence-corrected chi connectivity index (χ3v) is 4.25. The van der Waals surface area contributed by atoms with Crippen molar-refractivity contribution in [3.8, 4) is 0 Å². The van der Waals surface area contributed by atoms with Crippen LogP contribution in [0.15, 0.2) is 17.5 Å². The van der Waals surface area contributed by atoms with Crippen molar-refractivity contribution in [1.29, 1.82) is 0 Å². The zero-order valence-corrected chi connectivity index (χ0v) is 12.2. The summed E-state index contributed by atoms with van der Waals surface area (Å²) in [5, 5.41) is 4.95. The molecule has 0 aromatic carbocycles. The summed E-state index contributed by atoms with van der Waals surface area (Å²) < 4.78 is 0. The third kappa shape index (κ3) is 3.56. The van der Waals surface area contributed by atoms with E-state index >= 15 is 0 Å². The lowest BCUT2D eigenvalue weighted by Crippen LogP contribution is -2.47. The van der Waals surface area contributed by atoms with Gasteiger partial charge < -0.3 is 10.2 Å². The highest BCUT2D eigenvalue weighted by Gasteiger charge is 2.25. The number of carbonyl (C=O) groups excluding carboxylic acids is 2. The van der Waals surface area contributed by atoms with Gasteiger partial charge in [0.25, 0.3) is 5.91 Å². The first-order chi connectivity index (χ1) is 9.08. The van der Waals surface area contributed by atoms with Gasteiger partial charge in [-0.1, -0.05) is 19.9 Å². The average Bonchev–Trinajstić information content (AvgIpc) is 2.92. The average molecular weight is 280 g/mol. The molecular formula is C14H20N2O2S. The largest absolute Gasteiger partial charge is 0.348 e. The minimum atomic E-state index is 0.00337. The van der Waals surface area contributed by atoms with Gasteiger partial charge in [0.2, 0.25) is 5.91 Å². The maximum Gasteiger partial charge on any atom is 0.261 e. The SMILES string of the molecule is CC(C)C(=O)N1CCC(NC(=O)c2cccs2)CC1. The Hall–Kier alpha value is -1.36. The van der Waals surface area contributed by atoms with Crippen LogP contribution in [0.25, 0.3) is 0 Å². The number of likely N-dealkylation sites (tertiary alicyclic amines) is 1. The number of nitrogens with one attached hydrogen (secondary N) is 1. The van der Waals surface area contributed by atoms with Crippen LogP contribution in [0.4, 0.5) is 0 Å². The molecule has 1 aliphatic rings. The van der Waals surface area contributed by atoms with Crippen LogP contribution in [0.3, 0.4) is 0 Å². The maximum atomic E-state index is 11.9. The van der Waals surface area contributed by atoms with Crippen LogP contribution in [0, 0.1) is 5.92 Å². The summed E-state index contributed by atoms with van der Waals surface area (Å²) in [7, 11) is 0. The summed E-state index contributed by atoms with van der Waals surface area (Å²) >= 11 is 1.45. The lowest BCUT2D eigenvalue weighted by molar-refractivity contribution is -0.135. The highest BCUT2D eigenvalue weighted by molar-refractivity contribution is 7.12. The summed E-state index contributed by atoms with van der Waals surface area (Å²) in [4.78, 5) is 26.4. The first-order valence-corrected chi connectivity index (χ1v) is 7.59. The summed E-state index contributed by atoms with van der Waals surface area (Å²) in [5.74, 6) is 0.268. The van der Waals surface area contributed by atoms with E-state index in [1.165, 1.54) is 11.3 Å². The maximum absolute atomic E-state index is 11.9. The molecule has 1 aromatic rings. The number of amides is 2. The standard InChI is InChI=1S/C14H20N2O2S/c1-10(2)14(18)16-7-5-11(6-8-16)15-13(17)12-4-3-9-19-12/h3-4,9-11H,5-8H2,1-2H3,(H,15,17). The molecule has 104 valence electrons. The van der Waals surface area contributed by atoms with Gasteiger partial charge in [0, 0.05) is 25.0 Å². The number of carbonyl (C=O) groups is 2. The van der Waals surface area contributed by atoms with E-state index in [9.17, 15) is 9.59 Å². The van der Waals surface area contributed by atoms with Crippen molar-refractivity contribution >= 4 is 23.2 Å². The van der Waals surface area contributed by atoms with Gasteiger partial charge in [-0.25, -0.2) is 0 Å². The Morgan fingerprint density at radius 2 is 2.05 bits per heavy atom. The van der Waals surface area contributed by atoms with Crippen LogP contribution in [0.1, 0.15) is 36.4 Å². The summed E-state index contributed by atoms with van der Waals surface area (Å²) in [6.07, 6.45) is 1.69. The number of piperidine rings is 1. The van der Waals surface area contributed by atoms with Crippen molar-refractivity contribution in [3.63, 3.8) is 0 Å². The zero-order chi connectivity index (χ0) is 13.8. The van der Waals surface area contributed by atoms with E-state index in [2.05, 4.69) is 5.32 Å². The van der Waals surface area contributed by atoms with Crippen LogP contribution in [-0.4, -0.2) is 35.8 Å². The quantitative estimate of drug-likeness (QED) is 0.922. The number of nitrogens with zero attached hydrogens (tertiary/aromatic N) is 1.